The van der Waals surface area contributed by atoms with Gasteiger partial charge in [0.05, 0.1) is 16.3 Å². The summed E-state index contributed by atoms with van der Waals surface area (Å²) in [5, 5.41) is 4.08. The second-order valence-corrected chi connectivity index (χ2v) is 1.61. The van der Waals surface area contributed by atoms with Gasteiger partial charge >= 0.3 is 0 Å². The summed E-state index contributed by atoms with van der Waals surface area (Å²) < 4.78 is 6.81. The Kier molecular flexibility index (Phi) is 6.26. The molecule has 0 amide bonds. The van der Waals surface area contributed by atoms with E-state index in [9.17, 15) is 0 Å². The van der Waals surface area contributed by atoms with Crippen LogP contribution in [0.15, 0.2) is 22.9 Å². The standard InChI is InChI=1S/C4H4S.BrHO/c1-2-4-5-3-1;1-2/h1-4H;2H. The molecule has 0 aliphatic rings. The lowest BCUT2D eigenvalue weighted by molar-refractivity contribution is 0.702. The zero-order chi connectivity index (χ0) is 5.54. The van der Waals surface area contributed by atoms with E-state index in [0.29, 0.717) is 0 Å². The van der Waals surface area contributed by atoms with Gasteiger partial charge in [0.2, 0.25) is 0 Å². The van der Waals surface area contributed by atoms with E-state index in [4.69, 9.17) is 4.20 Å². The minimum absolute atomic E-state index is 1.71. The summed E-state index contributed by atoms with van der Waals surface area (Å²) in [6.45, 7) is 0. The van der Waals surface area contributed by atoms with Gasteiger partial charge < -0.3 is 4.20 Å². The highest BCUT2D eigenvalue weighted by molar-refractivity contribution is 9.05. The first-order valence-electron chi connectivity index (χ1n) is 1.64. The molecule has 1 heterocycles. The molecule has 1 N–H and O–H groups in total. The Morgan fingerprint density at radius 2 is 1.57 bits per heavy atom. The lowest BCUT2D eigenvalue weighted by Gasteiger charge is -1.39. The number of rotatable bonds is 0. The van der Waals surface area contributed by atoms with Crippen LogP contribution < -0.4 is 0 Å². The topological polar surface area (TPSA) is 20.2 Å². The summed E-state index contributed by atoms with van der Waals surface area (Å²) in [7, 11) is 0. The van der Waals surface area contributed by atoms with Gasteiger partial charge in [0, 0.05) is 0 Å². The summed E-state index contributed by atoms with van der Waals surface area (Å²) >= 11 is 3.65. The van der Waals surface area contributed by atoms with E-state index in [1.165, 1.54) is 0 Å². The van der Waals surface area contributed by atoms with Gasteiger partial charge in [-0.25, -0.2) is 0 Å². The second kappa shape index (κ2) is 6.14. The van der Waals surface area contributed by atoms with Gasteiger partial charge in [0.15, 0.2) is 0 Å². The molecule has 0 atom stereocenters. The van der Waals surface area contributed by atoms with Crippen molar-refractivity contribution in [2.24, 2.45) is 0 Å². The van der Waals surface area contributed by atoms with Crippen molar-refractivity contribution in [1.82, 2.24) is 0 Å². The lowest BCUT2D eigenvalue weighted by Crippen LogP contribution is -1.16. The smallest absolute Gasteiger partial charge is 0.0957 e. The number of halogens is 1. The summed E-state index contributed by atoms with van der Waals surface area (Å²) in [5.41, 5.74) is 0. The molecule has 7 heavy (non-hydrogen) atoms. The first-order valence-corrected chi connectivity index (χ1v) is 3.29. The zero-order valence-corrected chi connectivity index (χ0v) is 5.95. The maximum atomic E-state index is 6.81. The van der Waals surface area contributed by atoms with Crippen molar-refractivity contribution in [2.45, 2.75) is 0 Å². The SMILES string of the molecule is OBr.c1ccsc1. The van der Waals surface area contributed by atoms with E-state index >= 15 is 0 Å². The zero-order valence-electron chi connectivity index (χ0n) is 3.54. The third-order valence-corrected chi connectivity index (χ3v) is 1.05. The number of hydrogen-bond acceptors (Lipinski definition) is 2. The molecule has 1 nitrogen and oxygen atoms in total. The van der Waals surface area contributed by atoms with Gasteiger partial charge in [0.1, 0.15) is 0 Å². The van der Waals surface area contributed by atoms with Gasteiger partial charge in [-0.3, -0.25) is 0 Å². The fraction of sp³-hybridized carbons (Fsp3) is 0. The van der Waals surface area contributed by atoms with Gasteiger partial charge in [-0.15, -0.1) is 0 Å². The van der Waals surface area contributed by atoms with Crippen LogP contribution in [0.5, 0.6) is 0 Å². The van der Waals surface area contributed by atoms with E-state index in [2.05, 4.69) is 0 Å². The van der Waals surface area contributed by atoms with Crippen LogP contribution >= 0.6 is 27.6 Å². The Bertz CT molecular complexity index is 68.2. The molecule has 1 aromatic rings. The summed E-state index contributed by atoms with van der Waals surface area (Å²) in [6, 6.07) is 4.04. The fourth-order valence-electron chi connectivity index (χ4n) is 0.227. The number of hydrogen-bond donors (Lipinski definition) is 1. The molecule has 0 unspecified atom stereocenters. The molecule has 1 rings (SSSR count). The fourth-order valence-corrected chi connectivity index (χ4v) is 0.680. The van der Waals surface area contributed by atoms with E-state index in [1.807, 2.05) is 39.2 Å². The van der Waals surface area contributed by atoms with Crippen molar-refractivity contribution >= 4 is 27.6 Å². The number of thiophene rings is 1. The van der Waals surface area contributed by atoms with Crippen LogP contribution in [0.4, 0.5) is 0 Å². The van der Waals surface area contributed by atoms with E-state index in [-0.39, 0.29) is 0 Å². The molecule has 1 aromatic heterocycles. The summed E-state index contributed by atoms with van der Waals surface area (Å²) in [5.74, 6) is 0. The quantitative estimate of drug-likeness (QED) is 0.649. The maximum absolute atomic E-state index is 6.81. The Hall–Kier alpha value is 0.140. The third kappa shape index (κ3) is 3.98. The minimum Gasteiger partial charge on any atom is -0.324 e. The van der Waals surface area contributed by atoms with Crippen molar-refractivity contribution < 1.29 is 4.20 Å². The first-order chi connectivity index (χ1) is 3.50. The molecular formula is C4H5BrOS. The van der Waals surface area contributed by atoms with Crippen LogP contribution in [-0.2, 0) is 0 Å². The normalized spacial score (nSPS) is 6.57. The van der Waals surface area contributed by atoms with Gasteiger partial charge in [0.25, 0.3) is 0 Å². The van der Waals surface area contributed by atoms with E-state index in [1.54, 1.807) is 11.3 Å². The van der Waals surface area contributed by atoms with Gasteiger partial charge in [-0.1, -0.05) is 12.1 Å². The van der Waals surface area contributed by atoms with Crippen LogP contribution in [0.1, 0.15) is 0 Å². The largest absolute Gasteiger partial charge is 0.324 e. The highest BCUT2D eigenvalue weighted by atomic mass is 79.9. The predicted octanol–water partition coefficient (Wildman–Crippen LogP) is 2.04. The Morgan fingerprint density at radius 3 is 1.71 bits per heavy atom. The van der Waals surface area contributed by atoms with E-state index < -0.39 is 0 Å². The van der Waals surface area contributed by atoms with E-state index in [0.717, 1.165) is 0 Å². The molecule has 0 spiro atoms. The van der Waals surface area contributed by atoms with Crippen LogP contribution in [0.25, 0.3) is 0 Å². The Morgan fingerprint density at radius 1 is 1.14 bits per heavy atom. The highest BCUT2D eigenvalue weighted by Crippen LogP contribution is 1.91. The van der Waals surface area contributed by atoms with Gasteiger partial charge in [-0.2, -0.15) is 11.3 Å². The third-order valence-electron chi connectivity index (χ3n) is 0.425. The van der Waals surface area contributed by atoms with Crippen LogP contribution in [0, 0.1) is 0 Å². The molecule has 0 saturated heterocycles. The second-order valence-electron chi connectivity index (χ2n) is 0.793. The molecule has 0 saturated carbocycles. The molecule has 0 aromatic carbocycles. The average Bonchev–Trinajstić information content (AvgIpc) is 2.23. The Balaban J connectivity index is 0.000000162. The minimum atomic E-state index is 1.71. The molecular weight excluding hydrogens is 176 g/mol. The van der Waals surface area contributed by atoms with Crippen molar-refractivity contribution in [3.05, 3.63) is 22.9 Å². The summed E-state index contributed by atoms with van der Waals surface area (Å²) in [4.78, 5) is 0. The highest BCUT2D eigenvalue weighted by Gasteiger charge is 1.58. The average molecular weight is 181 g/mol. The Labute approximate surface area is 55.1 Å². The monoisotopic (exact) mass is 180 g/mol. The van der Waals surface area contributed by atoms with Crippen molar-refractivity contribution in [3.63, 3.8) is 0 Å². The summed E-state index contributed by atoms with van der Waals surface area (Å²) in [6.07, 6.45) is 0. The molecule has 0 aliphatic carbocycles. The predicted molar refractivity (Wildman–Crippen MR) is 35.5 cm³/mol. The van der Waals surface area contributed by atoms with Crippen LogP contribution in [0.2, 0.25) is 0 Å². The molecule has 3 heteroatoms. The molecule has 0 bridgehead atoms. The molecule has 0 aliphatic heterocycles. The van der Waals surface area contributed by atoms with Crippen molar-refractivity contribution in [2.75, 3.05) is 0 Å². The molecule has 0 fully saturated rings. The first kappa shape index (κ1) is 7.14. The lowest BCUT2D eigenvalue weighted by atomic mass is 10.7. The maximum Gasteiger partial charge on any atom is 0.0957 e. The van der Waals surface area contributed by atoms with Gasteiger partial charge in [-0.05, 0) is 10.8 Å². The van der Waals surface area contributed by atoms with Crippen molar-refractivity contribution in [3.8, 4) is 0 Å². The van der Waals surface area contributed by atoms with Crippen LogP contribution in [-0.4, -0.2) is 4.20 Å². The van der Waals surface area contributed by atoms with Crippen molar-refractivity contribution in [1.29, 1.82) is 0 Å². The molecule has 40 valence electrons. The van der Waals surface area contributed by atoms with Crippen LogP contribution in [0.3, 0.4) is 0 Å². The molecule has 0 radical (unpaired) electrons.